The highest BCUT2D eigenvalue weighted by Gasteiger charge is 2.03. The van der Waals surface area contributed by atoms with Gasteiger partial charge in [-0.05, 0) is 84.2 Å². The highest BCUT2D eigenvalue weighted by Crippen LogP contribution is 2.31. The molecule has 0 radical (unpaired) electrons. The second kappa shape index (κ2) is 5.87. The lowest BCUT2D eigenvalue weighted by Crippen LogP contribution is -1.91. The molecule has 0 aliphatic carbocycles. The fourth-order valence-corrected chi connectivity index (χ4v) is 2.65. The van der Waals surface area contributed by atoms with Gasteiger partial charge in [-0.3, -0.25) is 0 Å². The van der Waals surface area contributed by atoms with Gasteiger partial charge in [-0.25, -0.2) is 0 Å². The van der Waals surface area contributed by atoms with E-state index < -0.39 is 0 Å². The Labute approximate surface area is 134 Å². The molecule has 0 amide bonds. The molecule has 1 nitrogen and oxygen atoms in total. The lowest BCUT2D eigenvalue weighted by atomic mass is 10.3. The maximum absolute atomic E-state index is 3.52. The fraction of sp³-hybridized carbons (Fsp3) is 0. The van der Waals surface area contributed by atoms with E-state index in [1.807, 2.05) is 36.4 Å². The van der Waals surface area contributed by atoms with Crippen LogP contribution in [0.25, 0.3) is 0 Å². The molecule has 2 rings (SSSR count). The highest BCUT2D eigenvalue weighted by atomic mass is 79.9. The Hall–Kier alpha value is 0.160. The summed E-state index contributed by atoms with van der Waals surface area (Å²) in [5.41, 5.74) is 2.05. The predicted octanol–water partition coefficient (Wildman–Crippen LogP) is 6.48. The number of hydrogen-bond acceptors (Lipinski definition) is 1. The zero-order valence-corrected chi connectivity index (χ0v) is 14.8. The van der Waals surface area contributed by atoms with E-state index in [4.69, 9.17) is 0 Å². The monoisotopic (exact) mass is 481 g/mol. The lowest BCUT2D eigenvalue weighted by molar-refractivity contribution is 1.48. The molecule has 1 N–H and O–H groups in total. The topological polar surface area (TPSA) is 12.0 Å². The molecule has 2 aromatic carbocycles. The van der Waals surface area contributed by atoms with E-state index in [2.05, 4.69) is 69.0 Å². The Morgan fingerprint density at radius 2 is 1.41 bits per heavy atom. The van der Waals surface area contributed by atoms with Crippen molar-refractivity contribution in [3.63, 3.8) is 0 Å². The highest BCUT2D eigenvalue weighted by molar-refractivity contribution is 9.13. The Morgan fingerprint density at radius 1 is 0.706 bits per heavy atom. The molecule has 0 bridgehead atoms. The van der Waals surface area contributed by atoms with Gasteiger partial charge in [0.1, 0.15) is 0 Å². The molecule has 0 aliphatic rings. The van der Waals surface area contributed by atoms with Crippen molar-refractivity contribution in [3.05, 3.63) is 54.3 Å². The largest absolute Gasteiger partial charge is 0.355 e. The summed E-state index contributed by atoms with van der Waals surface area (Å²) < 4.78 is 4.13. The SMILES string of the molecule is Brc1ccc(Br)c(Nc2ccc(Br)c(Br)c2)c1. The fourth-order valence-electron chi connectivity index (χ4n) is 1.32. The maximum Gasteiger partial charge on any atom is 0.0539 e. The molecule has 0 fully saturated rings. The van der Waals surface area contributed by atoms with Gasteiger partial charge in [0.2, 0.25) is 0 Å². The summed E-state index contributed by atoms with van der Waals surface area (Å²) in [5.74, 6) is 0. The summed E-state index contributed by atoms with van der Waals surface area (Å²) in [6.45, 7) is 0. The Morgan fingerprint density at radius 3 is 2.12 bits per heavy atom. The summed E-state index contributed by atoms with van der Waals surface area (Å²) in [4.78, 5) is 0. The van der Waals surface area contributed by atoms with Crippen LogP contribution >= 0.6 is 63.7 Å². The molecule has 17 heavy (non-hydrogen) atoms. The van der Waals surface area contributed by atoms with E-state index >= 15 is 0 Å². The molecule has 0 aliphatic heterocycles. The van der Waals surface area contributed by atoms with Crippen LogP contribution in [0, 0.1) is 0 Å². The number of hydrogen-bond donors (Lipinski definition) is 1. The first-order chi connectivity index (χ1) is 8.06. The Bertz CT molecular complexity index is 554. The van der Waals surface area contributed by atoms with Crippen molar-refractivity contribution in [2.24, 2.45) is 0 Å². The standard InChI is InChI=1S/C12H7Br4N/c13-7-1-3-10(15)12(5-7)17-8-2-4-9(14)11(16)6-8/h1-6,17H. The lowest BCUT2D eigenvalue weighted by Gasteiger charge is -2.10. The third-order valence-electron chi connectivity index (χ3n) is 2.13. The van der Waals surface area contributed by atoms with Gasteiger partial charge in [0.25, 0.3) is 0 Å². The Kier molecular flexibility index (Phi) is 4.69. The van der Waals surface area contributed by atoms with Crippen molar-refractivity contribution >= 4 is 75.1 Å². The molecule has 0 atom stereocenters. The van der Waals surface area contributed by atoms with E-state index in [1.54, 1.807) is 0 Å². The molecule has 0 aromatic heterocycles. The number of nitrogens with one attached hydrogen (secondary N) is 1. The van der Waals surface area contributed by atoms with Crippen molar-refractivity contribution in [2.75, 3.05) is 5.32 Å². The summed E-state index contributed by atoms with van der Waals surface area (Å²) in [5, 5.41) is 3.35. The second-order valence-corrected chi connectivity index (χ2v) is 6.86. The van der Waals surface area contributed by atoms with E-state index in [0.717, 1.165) is 29.3 Å². The average molecular weight is 485 g/mol. The minimum Gasteiger partial charge on any atom is -0.355 e. The van der Waals surface area contributed by atoms with Gasteiger partial charge in [-0.2, -0.15) is 0 Å². The van der Waals surface area contributed by atoms with Crippen molar-refractivity contribution in [3.8, 4) is 0 Å². The van der Waals surface area contributed by atoms with Gasteiger partial charge in [0.05, 0.1) is 5.69 Å². The first kappa shape index (κ1) is 13.6. The summed E-state index contributed by atoms with van der Waals surface area (Å²) in [6.07, 6.45) is 0. The third-order valence-corrected chi connectivity index (χ3v) is 5.19. The van der Waals surface area contributed by atoms with Crippen LogP contribution in [0.4, 0.5) is 11.4 Å². The first-order valence-electron chi connectivity index (χ1n) is 4.73. The van der Waals surface area contributed by atoms with Crippen LogP contribution in [0.15, 0.2) is 54.3 Å². The van der Waals surface area contributed by atoms with Crippen LogP contribution < -0.4 is 5.32 Å². The van der Waals surface area contributed by atoms with Crippen LogP contribution in [0.1, 0.15) is 0 Å². The molecule has 5 heteroatoms. The van der Waals surface area contributed by atoms with Crippen LogP contribution in [-0.2, 0) is 0 Å². The number of rotatable bonds is 2. The molecular formula is C12H7Br4N. The predicted molar refractivity (Wildman–Crippen MR) is 87.0 cm³/mol. The molecule has 0 heterocycles. The average Bonchev–Trinajstić information content (AvgIpc) is 2.29. The zero-order chi connectivity index (χ0) is 12.4. The summed E-state index contributed by atoms with van der Waals surface area (Å²) in [6, 6.07) is 12.1. The molecular weight excluding hydrogens is 478 g/mol. The minimum atomic E-state index is 1.02. The normalized spacial score (nSPS) is 10.4. The Balaban J connectivity index is 2.31. The van der Waals surface area contributed by atoms with Crippen LogP contribution in [0.2, 0.25) is 0 Å². The molecule has 0 saturated carbocycles. The second-order valence-electron chi connectivity index (χ2n) is 3.38. The summed E-state index contributed by atoms with van der Waals surface area (Å²) in [7, 11) is 0. The molecule has 0 saturated heterocycles. The zero-order valence-electron chi connectivity index (χ0n) is 8.48. The third kappa shape index (κ3) is 3.56. The van der Waals surface area contributed by atoms with Crippen LogP contribution in [0.5, 0.6) is 0 Å². The maximum atomic E-state index is 3.52. The summed E-state index contributed by atoms with van der Waals surface area (Å²) >= 11 is 13.9. The van der Waals surface area contributed by atoms with Gasteiger partial charge < -0.3 is 5.32 Å². The van der Waals surface area contributed by atoms with E-state index in [1.165, 1.54) is 0 Å². The van der Waals surface area contributed by atoms with Crippen LogP contribution in [-0.4, -0.2) is 0 Å². The van der Waals surface area contributed by atoms with Gasteiger partial charge in [-0.15, -0.1) is 0 Å². The van der Waals surface area contributed by atoms with Crippen molar-refractivity contribution < 1.29 is 0 Å². The molecule has 88 valence electrons. The molecule has 0 spiro atoms. The minimum absolute atomic E-state index is 1.02. The van der Waals surface area contributed by atoms with Gasteiger partial charge in [0, 0.05) is 23.6 Å². The van der Waals surface area contributed by atoms with Gasteiger partial charge in [-0.1, -0.05) is 15.9 Å². The van der Waals surface area contributed by atoms with E-state index in [9.17, 15) is 0 Å². The van der Waals surface area contributed by atoms with E-state index in [-0.39, 0.29) is 0 Å². The van der Waals surface area contributed by atoms with Gasteiger partial charge >= 0.3 is 0 Å². The quantitative estimate of drug-likeness (QED) is 0.514. The molecule has 0 unspecified atom stereocenters. The first-order valence-corrected chi connectivity index (χ1v) is 7.90. The van der Waals surface area contributed by atoms with E-state index in [0.29, 0.717) is 0 Å². The number of anilines is 2. The van der Waals surface area contributed by atoms with Gasteiger partial charge in [0.15, 0.2) is 0 Å². The number of halogens is 4. The van der Waals surface area contributed by atoms with Crippen molar-refractivity contribution in [2.45, 2.75) is 0 Å². The van der Waals surface area contributed by atoms with Crippen LogP contribution in [0.3, 0.4) is 0 Å². The smallest absolute Gasteiger partial charge is 0.0539 e. The van der Waals surface area contributed by atoms with Crippen molar-refractivity contribution in [1.82, 2.24) is 0 Å². The number of benzene rings is 2. The molecule has 2 aromatic rings. The van der Waals surface area contributed by atoms with Crippen molar-refractivity contribution in [1.29, 1.82) is 0 Å².